The highest BCUT2D eigenvalue weighted by atomic mass is 16.3. The molecule has 0 saturated carbocycles. The number of amides is 1. The van der Waals surface area contributed by atoms with Crippen LogP contribution in [0.5, 0.6) is 0 Å². The van der Waals surface area contributed by atoms with Crippen molar-refractivity contribution in [2.45, 2.75) is 47.0 Å². The number of nitrogens with zero attached hydrogens (tertiary/aromatic N) is 6. The molecule has 3 aromatic heterocycles. The van der Waals surface area contributed by atoms with Crippen LogP contribution in [0.1, 0.15) is 43.3 Å². The van der Waals surface area contributed by atoms with Crippen molar-refractivity contribution in [3.63, 3.8) is 0 Å². The standard InChI is InChI=1S/C23H31N7O2/c1-5-10-29(28-11-6-7-12-28)15-22(31)24-20-14-21(30-17(3)13-16(2)27-30)26-23(25-20)19-9-8-18(4)32-19/h8-9,13-14H,5-7,10-12,15H2,1-4H3,(H,24,25,26,31). The maximum Gasteiger partial charge on any atom is 0.241 e. The zero-order valence-corrected chi connectivity index (χ0v) is 19.3. The van der Waals surface area contributed by atoms with Crippen LogP contribution in [-0.2, 0) is 4.79 Å². The van der Waals surface area contributed by atoms with Gasteiger partial charge in [-0.2, -0.15) is 5.10 Å². The highest BCUT2D eigenvalue weighted by Gasteiger charge is 2.22. The second-order valence-corrected chi connectivity index (χ2v) is 8.28. The summed E-state index contributed by atoms with van der Waals surface area (Å²) in [6, 6.07) is 7.43. The van der Waals surface area contributed by atoms with E-state index in [4.69, 9.17) is 4.42 Å². The lowest BCUT2D eigenvalue weighted by Gasteiger charge is -2.30. The number of aryl methyl sites for hydroxylation is 3. The Bertz CT molecular complexity index is 1080. The molecule has 1 aliphatic rings. The Balaban J connectivity index is 1.61. The van der Waals surface area contributed by atoms with Crippen molar-refractivity contribution < 1.29 is 9.21 Å². The van der Waals surface area contributed by atoms with E-state index in [-0.39, 0.29) is 5.91 Å². The third-order valence-corrected chi connectivity index (χ3v) is 5.46. The number of carbonyl (C=O) groups is 1. The van der Waals surface area contributed by atoms with Gasteiger partial charge in [0.05, 0.1) is 12.2 Å². The van der Waals surface area contributed by atoms with Gasteiger partial charge in [-0.05, 0) is 58.2 Å². The number of carbonyl (C=O) groups excluding carboxylic acids is 1. The molecule has 1 saturated heterocycles. The van der Waals surface area contributed by atoms with Crippen LogP contribution >= 0.6 is 0 Å². The minimum atomic E-state index is -0.107. The Hall–Kier alpha value is -3.04. The Kier molecular flexibility index (Phi) is 6.66. The first-order valence-electron chi connectivity index (χ1n) is 11.2. The minimum absolute atomic E-state index is 0.107. The second kappa shape index (κ2) is 9.62. The van der Waals surface area contributed by atoms with Crippen molar-refractivity contribution in [2.75, 3.05) is 31.5 Å². The van der Waals surface area contributed by atoms with Crippen LogP contribution in [0, 0.1) is 20.8 Å². The molecule has 0 aliphatic carbocycles. The van der Waals surface area contributed by atoms with Crippen LogP contribution in [0.2, 0.25) is 0 Å². The molecular formula is C23H31N7O2. The van der Waals surface area contributed by atoms with Gasteiger partial charge in [0.15, 0.2) is 17.4 Å². The lowest BCUT2D eigenvalue weighted by molar-refractivity contribution is -0.122. The first kappa shape index (κ1) is 22.2. The quantitative estimate of drug-likeness (QED) is 0.576. The fourth-order valence-corrected chi connectivity index (χ4v) is 4.04. The molecule has 170 valence electrons. The molecule has 0 radical (unpaired) electrons. The van der Waals surface area contributed by atoms with E-state index in [0.29, 0.717) is 29.8 Å². The number of nitrogens with one attached hydrogen (secondary N) is 1. The van der Waals surface area contributed by atoms with Crippen LogP contribution in [0.3, 0.4) is 0 Å². The summed E-state index contributed by atoms with van der Waals surface area (Å²) in [7, 11) is 0. The lowest BCUT2D eigenvalue weighted by Crippen LogP contribution is -2.45. The summed E-state index contributed by atoms with van der Waals surface area (Å²) in [5.74, 6) is 2.62. The highest BCUT2D eigenvalue weighted by molar-refractivity contribution is 5.91. The molecule has 32 heavy (non-hydrogen) atoms. The van der Waals surface area contributed by atoms with Crippen molar-refractivity contribution in [1.82, 2.24) is 29.8 Å². The molecule has 0 aromatic carbocycles. The topological polar surface area (TPSA) is 92.3 Å². The molecule has 1 N–H and O–H groups in total. The summed E-state index contributed by atoms with van der Waals surface area (Å²) in [6.07, 6.45) is 3.33. The highest BCUT2D eigenvalue weighted by Crippen LogP contribution is 2.23. The van der Waals surface area contributed by atoms with E-state index >= 15 is 0 Å². The average molecular weight is 438 g/mol. The van der Waals surface area contributed by atoms with Crippen molar-refractivity contribution in [3.05, 3.63) is 41.4 Å². The van der Waals surface area contributed by atoms with Gasteiger partial charge in [-0.1, -0.05) is 6.92 Å². The van der Waals surface area contributed by atoms with Crippen LogP contribution in [0.4, 0.5) is 5.82 Å². The molecule has 1 amide bonds. The van der Waals surface area contributed by atoms with Crippen molar-refractivity contribution in [3.8, 4) is 17.4 Å². The van der Waals surface area contributed by atoms with E-state index in [0.717, 1.165) is 43.2 Å². The molecule has 0 bridgehead atoms. The predicted octanol–water partition coefficient (Wildman–Crippen LogP) is 3.51. The van der Waals surface area contributed by atoms with E-state index in [1.165, 1.54) is 12.8 Å². The largest absolute Gasteiger partial charge is 0.458 e. The van der Waals surface area contributed by atoms with Gasteiger partial charge < -0.3 is 9.73 Å². The Labute approximate surface area is 188 Å². The third kappa shape index (κ3) is 5.05. The summed E-state index contributed by atoms with van der Waals surface area (Å²) in [4.78, 5) is 22.1. The minimum Gasteiger partial charge on any atom is -0.458 e. The van der Waals surface area contributed by atoms with Crippen LogP contribution in [0.25, 0.3) is 17.4 Å². The molecule has 1 aliphatic heterocycles. The molecule has 0 atom stereocenters. The van der Waals surface area contributed by atoms with Gasteiger partial charge in [-0.25, -0.2) is 24.7 Å². The summed E-state index contributed by atoms with van der Waals surface area (Å²) >= 11 is 0. The number of hydrazine groups is 1. The van der Waals surface area contributed by atoms with E-state index < -0.39 is 0 Å². The van der Waals surface area contributed by atoms with Gasteiger partial charge in [0, 0.05) is 31.4 Å². The summed E-state index contributed by atoms with van der Waals surface area (Å²) in [6.45, 7) is 11.1. The summed E-state index contributed by atoms with van der Waals surface area (Å²) in [5.41, 5.74) is 1.84. The van der Waals surface area contributed by atoms with Gasteiger partial charge in [0.2, 0.25) is 5.91 Å². The lowest BCUT2D eigenvalue weighted by atomic mass is 10.3. The van der Waals surface area contributed by atoms with Gasteiger partial charge in [-0.3, -0.25) is 4.79 Å². The summed E-state index contributed by atoms with van der Waals surface area (Å²) in [5, 5.41) is 11.9. The van der Waals surface area contributed by atoms with Crippen molar-refractivity contribution >= 4 is 11.7 Å². The zero-order chi connectivity index (χ0) is 22.7. The number of rotatable bonds is 8. The SMILES string of the molecule is CCCN(CC(=O)Nc1cc(-n2nc(C)cc2C)nc(-c2ccc(C)o2)n1)N1CCCC1. The van der Waals surface area contributed by atoms with Gasteiger partial charge in [0.25, 0.3) is 0 Å². The zero-order valence-electron chi connectivity index (χ0n) is 19.3. The molecule has 4 heterocycles. The van der Waals surface area contributed by atoms with E-state index in [1.807, 2.05) is 39.0 Å². The monoisotopic (exact) mass is 437 g/mol. The molecule has 0 spiro atoms. The van der Waals surface area contributed by atoms with Crippen LogP contribution in [0.15, 0.2) is 28.7 Å². The van der Waals surface area contributed by atoms with Gasteiger partial charge in [-0.15, -0.1) is 0 Å². The smallest absolute Gasteiger partial charge is 0.241 e. The van der Waals surface area contributed by atoms with Gasteiger partial charge >= 0.3 is 0 Å². The normalized spacial score (nSPS) is 14.4. The number of anilines is 1. The molecule has 3 aromatic rings. The van der Waals surface area contributed by atoms with E-state index in [9.17, 15) is 4.79 Å². The summed E-state index contributed by atoms with van der Waals surface area (Å²) < 4.78 is 7.49. The van der Waals surface area contributed by atoms with Crippen molar-refractivity contribution in [2.24, 2.45) is 0 Å². The number of furan rings is 1. The first-order chi connectivity index (χ1) is 15.4. The molecule has 9 nitrogen and oxygen atoms in total. The maximum absolute atomic E-state index is 12.9. The Morgan fingerprint density at radius 1 is 1.16 bits per heavy atom. The van der Waals surface area contributed by atoms with Gasteiger partial charge in [0.1, 0.15) is 11.6 Å². The maximum atomic E-state index is 12.9. The Morgan fingerprint density at radius 3 is 2.56 bits per heavy atom. The number of hydrogen-bond donors (Lipinski definition) is 1. The van der Waals surface area contributed by atoms with E-state index in [2.05, 4.69) is 37.3 Å². The van der Waals surface area contributed by atoms with Crippen LogP contribution in [-0.4, -0.2) is 61.9 Å². The molecular weight excluding hydrogens is 406 g/mol. The fourth-order valence-electron chi connectivity index (χ4n) is 4.04. The predicted molar refractivity (Wildman–Crippen MR) is 122 cm³/mol. The van der Waals surface area contributed by atoms with E-state index in [1.54, 1.807) is 10.7 Å². The molecule has 1 fully saturated rings. The first-order valence-corrected chi connectivity index (χ1v) is 11.2. The second-order valence-electron chi connectivity index (χ2n) is 8.28. The fraction of sp³-hybridized carbons (Fsp3) is 0.478. The Morgan fingerprint density at radius 2 is 1.94 bits per heavy atom. The van der Waals surface area contributed by atoms with Crippen LogP contribution < -0.4 is 5.32 Å². The molecule has 4 rings (SSSR count). The number of aromatic nitrogens is 4. The average Bonchev–Trinajstić information content (AvgIpc) is 3.49. The molecule has 0 unspecified atom stereocenters. The molecule has 9 heteroatoms. The van der Waals surface area contributed by atoms with Crippen molar-refractivity contribution in [1.29, 1.82) is 0 Å². The third-order valence-electron chi connectivity index (χ3n) is 5.46. The number of hydrogen-bond acceptors (Lipinski definition) is 7.